The minimum Gasteiger partial charge on any atom is -0.492 e. The molecule has 0 aromatic heterocycles. The van der Waals surface area contributed by atoms with E-state index in [2.05, 4.69) is 74.0 Å². The molecule has 182 valence electrons. The molecule has 0 N–H and O–H groups in total. The first-order valence-corrected chi connectivity index (χ1v) is 13.9. The fourth-order valence-electron chi connectivity index (χ4n) is 3.93. The maximum atomic E-state index is 6.01. The maximum Gasteiger partial charge on any atom is 0.133 e. The summed E-state index contributed by atoms with van der Waals surface area (Å²) in [4.78, 5) is 2.25. The van der Waals surface area contributed by atoms with E-state index in [9.17, 15) is 0 Å². The Labute approximate surface area is 216 Å². The molecule has 0 aliphatic carbocycles. The van der Waals surface area contributed by atoms with Gasteiger partial charge in [-0.25, -0.2) is 0 Å². The number of unbranched alkanes of at least 4 members (excludes halogenated alkanes) is 7. The lowest BCUT2D eigenvalue weighted by Crippen LogP contribution is -2.25. The van der Waals surface area contributed by atoms with E-state index in [1.807, 2.05) is 6.07 Å². The van der Waals surface area contributed by atoms with Crippen molar-refractivity contribution in [2.24, 2.45) is 0 Å². The van der Waals surface area contributed by atoms with Gasteiger partial charge in [-0.05, 0) is 73.7 Å². The molecule has 1 saturated heterocycles. The number of halogens is 2. The van der Waals surface area contributed by atoms with Crippen molar-refractivity contribution in [2.45, 2.75) is 58.3 Å². The molecule has 6 heteroatoms. The van der Waals surface area contributed by atoms with E-state index in [-0.39, 0.29) is 0 Å². The molecule has 0 saturated carbocycles. The van der Waals surface area contributed by atoms with Gasteiger partial charge in [-0.3, -0.25) is 4.90 Å². The second-order valence-electron chi connectivity index (χ2n) is 8.62. The number of hydrogen-bond acceptors (Lipinski definition) is 4. The molecule has 0 unspecified atom stereocenters. The SMILES string of the molecule is CCCCCCCCCCOc1ccc(-c2ccc(OCCN3CCOC3)c(Br)c2)cc1Br. The Hall–Kier alpha value is -1.08. The van der Waals surface area contributed by atoms with E-state index in [0.717, 1.165) is 64.3 Å². The van der Waals surface area contributed by atoms with Crippen LogP contribution in [0.15, 0.2) is 45.3 Å². The smallest absolute Gasteiger partial charge is 0.133 e. The summed E-state index contributed by atoms with van der Waals surface area (Å²) in [6.07, 6.45) is 10.5. The van der Waals surface area contributed by atoms with E-state index in [4.69, 9.17) is 14.2 Å². The maximum absolute atomic E-state index is 6.01. The summed E-state index contributed by atoms with van der Waals surface area (Å²) in [5.41, 5.74) is 2.28. The zero-order valence-electron chi connectivity index (χ0n) is 19.8. The van der Waals surface area contributed by atoms with Gasteiger partial charge in [-0.1, -0.05) is 64.0 Å². The van der Waals surface area contributed by atoms with Crippen molar-refractivity contribution in [3.63, 3.8) is 0 Å². The molecule has 2 aromatic carbocycles. The summed E-state index contributed by atoms with van der Waals surface area (Å²) in [5.74, 6) is 1.77. The van der Waals surface area contributed by atoms with E-state index in [0.29, 0.717) is 13.3 Å². The summed E-state index contributed by atoms with van der Waals surface area (Å²) in [6, 6.07) is 12.5. The molecular weight excluding hydrogens is 546 g/mol. The number of rotatable bonds is 15. The molecular formula is C27H37Br2NO3. The van der Waals surface area contributed by atoms with Crippen LogP contribution in [-0.2, 0) is 4.74 Å². The van der Waals surface area contributed by atoms with Gasteiger partial charge in [0, 0.05) is 13.1 Å². The Kier molecular flexibility index (Phi) is 12.1. The largest absolute Gasteiger partial charge is 0.492 e. The lowest BCUT2D eigenvalue weighted by Gasteiger charge is -2.15. The molecule has 1 aliphatic rings. The minimum atomic E-state index is 0.651. The normalized spacial score (nSPS) is 14.0. The predicted octanol–water partition coefficient (Wildman–Crippen LogP) is 8.07. The first-order chi connectivity index (χ1) is 16.2. The summed E-state index contributed by atoms with van der Waals surface area (Å²) in [6.45, 7) is 7.07. The highest BCUT2D eigenvalue weighted by Crippen LogP contribution is 2.34. The monoisotopic (exact) mass is 581 g/mol. The van der Waals surface area contributed by atoms with Gasteiger partial charge < -0.3 is 14.2 Å². The third kappa shape index (κ3) is 9.23. The van der Waals surface area contributed by atoms with Crippen molar-refractivity contribution in [1.82, 2.24) is 4.90 Å². The van der Waals surface area contributed by atoms with Crippen LogP contribution >= 0.6 is 31.9 Å². The Bertz CT molecular complexity index is 840. The van der Waals surface area contributed by atoms with Gasteiger partial charge in [0.1, 0.15) is 18.1 Å². The quantitative estimate of drug-likeness (QED) is 0.199. The van der Waals surface area contributed by atoms with Crippen LogP contribution in [0, 0.1) is 0 Å². The zero-order valence-corrected chi connectivity index (χ0v) is 23.0. The first kappa shape index (κ1) is 26.5. The van der Waals surface area contributed by atoms with Crippen LogP contribution in [-0.4, -0.2) is 44.5 Å². The number of hydrogen-bond donors (Lipinski definition) is 0. The third-order valence-corrected chi connectivity index (χ3v) is 7.18. The van der Waals surface area contributed by atoms with Gasteiger partial charge >= 0.3 is 0 Å². The fraction of sp³-hybridized carbons (Fsp3) is 0.556. The molecule has 1 aliphatic heterocycles. The Morgan fingerprint density at radius 2 is 1.36 bits per heavy atom. The van der Waals surface area contributed by atoms with Crippen molar-refractivity contribution < 1.29 is 14.2 Å². The van der Waals surface area contributed by atoms with Crippen LogP contribution in [0.3, 0.4) is 0 Å². The molecule has 0 spiro atoms. The molecule has 1 heterocycles. The van der Waals surface area contributed by atoms with Crippen LogP contribution in [0.1, 0.15) is 58.3 Å². The van der Waals surface area contributed by atoms with Crippen LogP contribution in [0.5, 0.6) is 11.5 Å². The lowest BCUT2D eigenvalue weighted by atomic mass is 10.1. The van der Waals surface area contributed by atoms with Crippen LogP contribution < -0.4 is 9.47 Å². The standard InChI is InChI=1S/C27H37Br2NO3/c1-2-3-4-5-6-7-8-9-16-32-26-12-10-22(19-24(26)28)23-11-13-27(25(29)20-23)33-18-15-30-14-17-31-21-30/h10-13,19-20H,2-9,14-18,21H2,1H3. The molecule has 0 atom stereocenters. The van der Waals surface area contributed by atoms with Crippen molar-refractivity contribution in [3.8, 4) is 22.6 Å². The summed E-state index contributed by atoms with van der Waals surface area (Å²) in [7, 11) is 0. The molecule has 1 fully saturated rings. The Morgan fingerprint density at radius 3 is 1.91 bits per heavy atom. The number of ether oxygens (including phenoxy) is 3. The van der Waals surface area contributed by atoms with E-state index < -0.39 is 0 Å². The molecule has 0 radical (unpaired) electrons. The highest BCUT2D eigenvalue weighted by Gasteiger charge is 2.12. The summed E-state index contributed by atoms with van der Waals surface area (Å²) in [5, 5.41) is 0. The highest BCUT2D eigenvalue weighted by atomic mass is 79.9. The zero-order chi connectivity index (χ0) is 23.3. The number of benzene rings is 2. The summed E-state index contributed by atoms with van der Waals surface area (Å²) < 4.78 is 19.3. The highest BCUT2D eigenvalue weighted by molar-refractivity contribution is 9.11. The second-order valence-corrected chi connectivity index (χ2v) is 10.3. The molecule has 4 nitrogen and oxygen atoms in total. The van der Waals surface area contributed by atoms with Gasteiger partial charge in [-0.15, -0.1) is 0 Å². The second kappa shape index (κ2) is 15.0. The average molecular weight is 583 g/mol. The van der Waals surface area contributed by atoms with Crippen LogP contribution in [0.25, 0.3) is 11.1 Å². The minimum absolute atomic E-state index is 0.651. The molecule has 33 heavy (non-hydrogen) atoms. The van der Waals surface area contributed by atoms with Gasteiger partial charge in [0.05, 0.1) is 28.9 Å². The van der Waals surface area contributed by atoms with Crippen molar-refractivity contribution >= 4 is 31.9 Å². The molecule has 0 bridgehead atoms. The fourth-order valence-corrected chi connectivity index (χ4v) is 4.91. The third-order valence-electron chi connectivity index (χ3n) is 5.94. The van der Waals surface area contributed by atoms with E-state index >= 15 is 0 Å². The van der Waals surface area contributed by atoms with Crippen LogP contribution in [0.4, 0.5) is 0 Å². The van der Waals surface area contributed by atoms with Crippen molar-refractivity contribution in [2.75, 3.05) is 39.6 Å². The Morgan fingerprint density at radius 1 is 0.788 bits per heavy atom. The topological polar surface area (TPSA) is 30.9 Å². The molecule has 0 amide bonds. The van der Waals surface area contributed by atoms with Crippen molar-refractivity contribution in [3.05, 3.63) is 45.3 Å². The first-order valence-electron chi connectivity index (χ1n) is 12.3. The van der Waals surface area contributed by atoms with Gasteiger partial charge in [-0.2, -0.15) is 0 Å². The van der Waals surface area contributed by atoms with Crippen molar-refractivity contribution in [1.29, 1.82) is 0 Å². The lowest BCUT2D eigenvalue weighted by molar-refractivity contribution is 0.129. The van der Waals surface area contributed by atoms with Gasteiger partial charge in [0.2, 0.25) is 0 Å². The van der Waals surface area contributed by atoms with Gasteiger partial charge in [0.25, 0.3) is 0 Å². The van der Waals surface area contributed by atoms with E-state index in [1.54, 1.807) is 0 Å². The molecule has 2 aromatic rings. The van der Waals surface area contributed by atoms with Crippen LogP contribution in [0.2, 0.25) is 0 Å². The molecule has 3 rings (SSSR count). The van der Waals surface area contributed by atoms with E-state index in [1.165, 1.54) is 44.9 Å². The Balaban J connectivity index is 1.42. The summed E-state index contributed by atoms with van der Waals surface area (Å²) >= 11 is 7.35. The average Bonchev–Trinajstić information content (AvgIpc) is 3.33. The predicted molar refractivity (Wildman–Crippen MR) is 143 cm³/mol. The number of nitrogens with zero attached hydrogens (tertiary/aromatic N) is 1. The van der Waals surface area contributed by atoms with Gasteiger partial charge in [0.15, 0.2) is 0 Å².